The summed E-state index contributed by atoms with van der Waals surface area (Å²) < 4.78 is 5.42. The number of carbonyl (C=O) groups is 1. The van der Waals surface area contributed by atoms with Crippen molar-refractivity contribution in [3.05, 3.63) is 29.8 Å². The Hall–Kier alpha value is -1.59. The first-order chi connectivity index (χ1) is 10.2. The second-order valence-corrected chi connectivity index (χ2v) is 5.99. The minimum Gasteiger partial charge on any atom is -0.398 e. The fraction of sp³-hybridized carbons (Fsp3) is 0.562. The minimum absolute atomic E-state index is 0.0516. The van der Waals surface area contributed by atoms with Crippen LogP contribution in [0.4, 0.5) is 5.69 Å². The van der Waals surface area contributed by atoms with Crippen molar-refractivity contribution in [2.75, 3.05) is 45.1 Å². The molecule has 0 aliphatic carbocycles. The molecule has 1 amide bonds. The molecular weight excluding hydrogens is 266 g/mol. The fourth-order valence-electron chi connectivity index (χ4n) is 3.36. The Morgan fingerprint density at radius 3 is 2.67 bits per heavy atom. The summed E-state index contributed by atoms with van der Waals surface area (Å²) in [6.07, 6.45) is 0. The lowest BCUT2D eigenvalue weighted by molar-refractivity contribution is 0.0119. The van der Waals surface area contributed by atoms with Gasteiger partial charge >= 0.3 is 0 Å². The lowest BCUT2D eigenvalue weighted by atomic mass is 10.0. The second-order valence-electron chi connectivity index (χ2n) is 5.99. The molecule has 1 aromatic rings. The first kappa shape index (κ1) is 14.4. The largest absolute Gasteiger partial charge is 0.398 e. The standard InChI is InChI=1S/C16H23N3O2/c1-12-10-19(11-15(12)18-6-8-21-9-7-18)16(20)13-4-2-3-5-14(13)17/h2-5,12,15H,6-11,17H2,1H3. The molecule has 2 aliphatic rings. The van der Waals surface area contributed by atoms with Gasteiger partial charge in [0.25, 0.3) is 5.91 Å². The van der Waals surface area contributed by atoms with E-state index < -0.39 is 0 Å². The normalized spacial score (nSPS) is 27.0. The highest BCUT2D eigenvalue weighted by molar-refractivity contribution is 5.99. The number of amides is 1. The van der Waals surface area contributed by atoms with Crippen molar-refractivity contribution >= 4 is 11.6 Å². The van der Waals surface area contributed by atoms with Crippen molar-refractivity contribution in [1.29, 1.82) is 0 Å². The van der Waals surface area contributed by atoms with Crippen LogP contribution < -0.4 is 5.73 Å². The van der Waals surface area contributed by atoms with E-state index in [0.29, 0.717) is 23.2 Å². The summed E-state index contributed by atoms with van der Waals surface area (Å²) in [7, 11) is 0. The second kappa shape index (κ2) is 6.03. The maximum absolute atomic E-state index is 12.6. The quantitative estimate of drug-likeness (QED) is 0.827. The predicted molar refractivity (Wildman–Crippen MR) is 82.1 cm³/mol. The van der Waals surface area contributed by atoms with Gasteiger partial charge in [-0.2, -0.15) is 0 Å². The maximum atomic E-state index is 12.6. The Kier molecular flexibility index (Phi) is 4.12. The van der Waals surface area contributed by atoms with Crippen LogP contribution in [0.1, 0.15) is 17.3 Å². The molecular formula is C16H23N3O2. The molecule has 2 heterocycles. The number of hydrogen-bond donors (Lipinski definition) is 1. The van der Waals surface area contributed by atoms with Crippen LogP contribution in [0.3, 0.4) is 0 Å². The van der Waals surface area contributed by atoms with Crippen LogP contribution in [0.2, 0.25) is 0 Å². The van der Waals surface area contributed by atoms with E-state index in [1.54, 1.807) is 6.07 Å². The average Bonchev–Trinajstić information content (AvgIpc) is 2.90. The molecule has 2 unspecified atom stereocenters. The highest BCUT2D eigenvalue weighted by Gasteiger charge is 2.37. The molecule has 2 atom stereocenters. The molecule has 2 N–H and O–H groups in total. The van der Waals surface area contributed by atoms with Crippen LogP contribution >= 0.6 is 0 Å². The van der Waals surface area contributed by atoms with E-state index in [0.717, 1.165) is 39.4 Å². The van der Waals surface area contributed by atoms with E-state index >= 15 is 0 Å². The number of anilines is 1. The summed E-state index contributed by atoms with van der Waals surface area (Å²) in [5, 5.41) is 0. The van der Waals surface area contributed by atoms with Gasteiger partial charge in [0, 0.05) is 37.9 Å². The van der Waals surface area contributed by atoms with Gasteiger partial charge in [-0.05, 0) is 18.1 Å². The van der Waals surface area contributed by atoms with Gasteiger partial charge in [-0.3, -0.25) is 9.69 Å². The average molecular weight is 289 g/mol. The van der Waals surface area contributed by atoms with Crippen LogP contribution in [0.15, 0.2) is 24.3 Å². The van der Waals surface area contributed by atoms with Gasteiger partial charge in [0.15, 0.2) is 0 Å². The molecule has 2 saturated heterocycles. The predicted octanol–water partition coefficient (Wildman–Crippen LogP) is 1.06. The van der Waals surface area contributed by atoms with Gasteiger partial charge in [-0.1, -0.05) is 19.1 Å². The molecule has 0 spiro atoms. The van der Waals surface area contributed by atoms with E-state index in [2.05, 4.69) is 11.8 Å². The zero-order valence-electron chi connectivity index (χ0n) is 12.5. The molecule has 3 rings (SSSR count). The summed E-state index contributed by atoms with van der Waals surface area (Å²) in [5.74, 6) is 0.535. The Labute approximate surface area is 125 Å². The van der Waals surface area contributed by atoms with Crippen molar-refractivity contribution in [3.63, 3.8) is 0 Å². The van der Waals surface area contributed by atoms with E-state index in [1.807, 2.05) is 23.1 Å². The highest BCUT2D eigenvalue weighted by Crippen LogP contribution is 2.25. The Bertz CT molecular complexity index is 514. The molecule has 1 aromatic carbocycles. The number of ether oxygens (including phenoxy) is 1. The van der Waals surface area contributed by atoms with Gasteiger partial charge < -0.3 is 15.4 Å². The molecule has 2 fully saturated rings. The SMILES string of the molecule is CC1CN(C(=O)c2ccccc2N)CC1N1CCOCC1. The molecule has 0 saturated carbocycles. The lowest BCUT2D eigenvalue weighted by Crippen LogP contribution is -2.47. The van der Waals surface area contributed by atoms with Crippen molar-refractivity contribution in [1.82, 2.24) is 9.80 Å². The van der Waals surface area contributed by atoms with Crippen LogP contribution in [-0.2, 0) is 4.74 Å². The van der Waals surface area contributed by atoms with Crippen molar-refractivity contribution in [2.45, 2.75) is 13.0 Å². The van der Waals surface area contributed by atoms with E-state index in [4.69, 9.17) is 10.5 Å². The number of para-hydroxylation sites is 1. The number of rotatable bonds is 2. The van der Waals surface area contributed by atoms with Gasteiger partial charge in [0.1, 0.15) is 0 Å². The van der Waals surface area contributed by atoms with E-state index in [-0.39, 0.29) is 5.91 Å². The van der Waals surface area contributed by atoms with Crippen molar-refractivity contribution in [3.8, 4) is 0 Å². The van der Waals surface area contributed by atoms with Crippen molar-refractivity contribution in [2.24, 2.45) is 5.92 Å². The van der Waals surface area contributed by atoms with Gasteiger partial charge in [-0.15, -0.1) is 0 Å². The third kappa shape index (κ3) is 2.89. The molecule has 0 bridgehead atoms. The van der Waals surface area contributed by atoms with Gasteiger partial charge in [0.05, 0.1) is 18.8 Å². The molecule has 114 valence electrons. The fourth-order valence-corrected chi connectivity index (χ4v) is 3.36. The highest BCUT2D eigenvalue weighted by atomic mass is 16.5. The number of benzene rings is 1. The van der Waals surface area contributed by atoms with Crippen LogP contribution in [0.5, 0.6) is 0 Å². The molecule has 5 heteroatoms. The monoisotopic (exact) mass is 289 g/mol. The number of morpholine rings is 1. The Morgan fingerprint density at radius 1 is 1.24 bits per heavy atom. The number of nitrogens with two attached hydrogens (primary N) is 1. The maximum Gasteiger partial charge on any atom is 0.256 e. The van der Waals surface area contributed by atoms with Gasteiger partial charge in [0.2, 0.25) is 0 Å². The lowest BCUT2D eigenvalue weighted by Gasteiger charge is -2.34. The number of nitrogens with zero attached hydrogens (tertiary/aromatic N) is 2. The van der Waals surface area contributed by atoms with Crippen LogP contribution in [-0.4, -0.2) is 61.1 Å². The van der Waals surface area contributed by atoms with E-state index in [1.165, 1.54) is 0 Å². The van der Waals surface area contributed by atoms with Crippen LogP contribution in [0.25, 0.3) is 0 Å². The summed E-state index contributed by atoms with van der Waals surface area (Å²) >= 11 is 0. The summed E-state index contributed by atoms with van der Waals surface area (Å²) in [6.45, 7) is 7.33. The molecule has 5 nitrogen and oxygen atoms in total. The van der Waals surface area contributed by atoms with Gasteiger partial charge in [-0.25, -0.2) is 0 Å². The third-order valence-electron chi connectivity index (χ3n) is 4.57. The smallest absolute Gasteiger partial charge is 0.256 e. The number of hydrogen-bond acceptors (Lipinski definition) is 4. The zero-order chi connectivity index (χ0) is 14.8. The van der Waals surface area contributed by atoms with E-state index in [9.17, 15) is 4.79 Å². The Morgan fingerprint density at radius 2 is 1.95 bits per heavy atom. The first-order valence-electron chi connectivity index (χ1n) is 7.62. The molecule has 21 heavy (non-hydrogen) atoms. The topological polar surface area (TPSA) is 58.8 Å². The molecule has 2 aliphatic heterocycles. The summed E-state index contributed by atoms with van der Waals surface area (Å²) in [4.78, 5) is 17.0. The van der Waals surface area contributed by atoms with Crippen LogP contribution in [0, 0.1) is 5.92 Å². The summed E-state index contributed by atoms with van der Waals surface area (Å²) in [6, 6.07) is 7.75. The first-order valence-corrected chi connectivity index (χ1v) is 7.62. The number of carbonyl (C=O) groups excluding carboxylic acids is 1. The zero-order valence-corrected chi connectivity index (χ0v) is 12.5. The Balaban J connectivity index is 1.70. The molecule has 0 radical (unpaired) electrons. The minimum atomic E-state index is 0.0516. The summed E-state index contributed by atoms with van der Waals surface area (Å²) in [5.41, 5.74) is 7.10. The molecule has 0 aromatic heterocycles. The number of nitrogen functional groups attached to an aromatic ring is 1. The number of likely N-dealkylation sites (tertiary alicyclic amines) is 1. The van der Waals surface area contributed by atoms with Crippen molar-refractivity contribution < 1.29 is 9.53 Å². The third-order valence-corrected chi connectivity index (χ3v) is 4.57.